The summed E-state index contributed by atoms with van der Waals surface area (Å²) >= 11 is 0. The van der Waals surface area contributed by atoms with E-state index in [-0.39, 0.29) is 11.3 Å². The van der Waals surface area contributed by atoms with Crippen molar-refractivity contribution in [3.8, 4) is 0 Å². The highest BCUT2D eigenvalue weighted by molar-refractivity contribution is 6.11. The van der Waals surface area contributed by atoms with Gasteiger partial charge in [-0.15, -0.1) is 0 Å². The Morgan fingerprint density at radius 2 is 1.75 bits per heavy atom. The van der Waals surface area contributed by atoms with Crippen LogP contribution in [-0.2, 0) is 16.0 Å². The van der Waals surface area contributed by atoms with Crippen molar-refractivity contribution in [1.29, 1.82) is 0 Å². The lowest BCUT2D eigenvalue weighted by Gasteiger charge is -2.17. The quantitative estimate of drug-likeness (QED) is 0.561. The van der Waals surface area contributed by atoms with Crippen LogP contribution in [-0.4, -0.2) is 44.3 Å². The van der Waals surface area contributed by atoms with Crippen molar-refractivity contribution >= 4 is 11.6 Å². The van der Waals surface area contributed by atoms with Crippen molar-refractivity contribution in [3.63, 3.8) is 0 Å². The Hall–Kier alpha value is -2.44. The molecule has 0 radical (unpaired) electrons. The topological polar surface area (TPSA) is 69.6 Å². The third kappa shape index (κ3) is 4.31. The molecule has 0 spiro atoms. The summed E-state index contributed by atoms with van der Waals surface area (Å²) in [5.74, 6) is 0.354. The first-order chi connectivity index (χ1) is 11.7. The number of nitrogens with one attached hydrogen (secondary N) is 1. The Morgan fingerprint density at radius 1 is 1.04 bits per heavy atom. The van der Waals surface area contributed by atoms with Gasteiger partial charge in [-0.3, -0.25) is 14.2 Å². The van der Waals surface area contributed by atoms with Gasteiger partial charge in [-0.05, 0) is 6.07 Å². The van der Waals surface area contributed by atoms with E-state index < -0.39 is 0 Å². The molecule has 128 valence electrons. The summed E-state index contributed by atoms with van der Waals surface area (Å²) in [4.78, 5) is 25.0. The number of anilines is 1. The number of ether oxygens (including phenoxy) is 2. The van der Waals surface area contributed by atoms with Crippen LogP contribution >= 0.6 is 0 Å². The molecular formula is C18H22N2O4. The Morgan fingerprint density at radius 3 is 2.42 bits per heavy atom. The van der Waals surface area contributed by atoms with Crippen molar-refractivity contribution in [2.45, 2.75) is 6.54 Å². The van der Waals surface area contributed by atoms with Crippen molar-refractivity contribution in [2.24, 2.45) is 0 Å². The van der Waals surface area contributed by atoms with Gasteiger partial charge < -0.3 is 14.8 Å². The second-order valence-corrected chi connectivity index (χ2v) is 5.19. The molecule has 1 aromatic heterocycles. The predicted octanol–water partition coefficient (Wildman–Crippen LogP) is 1.78. The SMILES string of the molecule is COCCNc1c(C(=O)c2ccccc2)ccc(=O)n1CCOC. The molecule has 2 aromatic rings. The molecule has 0 aliphatic carbocycles. The molecule has 24 heavy (non-hydrogen) atoms. The summed E-state index contributed by atoms with van der Waals surface area (Å²) < 4.78 is 11.6. The lowest BCUT2D eigenvalue weighted by molar-refractivity contribution is 0.103. The zero-order chi connectivity index (χ0) is 17.4. The van der Waals surface area contributed by atoms with Crippen molar-refractivity contribution in [1.82, 2.24) is 4.57 Å². The van der Waals surface area contributed by atoms with Crippen LogP contribution in [0.25, 0.3) is 0 Å². The number of benzene rings is 1. The zero-order valence-electron chi connectivity index (χ0n) is 14.0. The maximum atomic E-state index is 12.8. The highest BCUT2D eigenvalue weighted by Crippen LogP contribution is 2.18. The number of carbonyl (C=O) groups is 1. The van der Waals surface area contributed by atoms with Gasteiger partial charge in [0.2, 0.25) is 0 Å². The third-order valence-electron chi connectivity index (χ3n) is 3.58. The molecule has 0 aliphatic rings. The van der Waals surface area contributed by atoms with Gasteiger partial charge in [0, 0.05) is 32.4 Å². The molecule has 0 bridgehead atoms. The van der Waals surface area contributed by atoms with E-state index in [1.54, 1.807) is 32.4 Å². The molecule has 6 heteroatoms. The molecule has 0 fully saturated rings. The molecule has 0 atom stereocenters. The molecule has 6 nitrogen and oxygen atoms in total. The summed E-state index contributed by atoms with van der Waals surface area (Å²) in [6.45, 7) is 1.69. The van der Waals surface area contributed by atoms with Crippen LogP contribution in [0.4, 0.5) is 5.82 Å². The monoisotopic (exact) mass is 330 g/mol. The molecule has 0 amide bonds. The number of hydrogen-bond donors (Lipinski definition) is 1. The van der Waals surface area contributed by atoms with E-state index in [4.69, 9.17) is 9.47 Å². The van der Waals surface area contributed by atoms with E-state index in [0.717, 1.165) is 0 Å². The lowest BCUT2D eigenvalue weighted by atomic mass is 10.0. The van der Waals surface area contributed by atoms with Crippen LogP contribution in [0.3, 0.4) is 0 Å². The fourth-order valence-electron chi connectivity index (χ4n) is 2.37. The number of pyridine rings is 1. The van der Waals surface area contributed by atoms with Crippen molar-refractivity contribution < 1.29 is 14.3 Å². The Labute approximate surface area is 141 Å². The van der Waals surface area contributed by atoms with Crippen molar-refractivity contribution in [3.05, 3.63) is 63.9 Å². The van der Waals surface area contributed by atoms with E-state index in [1.165, 1.54) is 10.6 Å². The number of carbonyl (C=O) groups excluding carboxylic acids is 1. The number of nitrogens with zero attached hydrogens (tertiary/aromatic N) is 1. The van der Waals surface area contributed by atoms with Crippen LogP contribution in [0.5, 0.6) is 0 Å². The van der Waals surface area contributed by atoms with Crippen LogP contribution in [0.2, 0.25) is 0 Å². The molecule has 0 saturated heterocycles. The maximum Gasteiger partial charge on any atom is 0.252 e. The fourth-order valence-corrected chi connectivity index (χ4v) is 2.37. The van der Waals surface area contributed by atoms with E-state index in [0.29, 0.717) is 43.2 Å². The average molecular weight is 330 g/mol. The second kappa shape index (κ2) is 9.00. The fraction of sp³-hybridized carbons (Fsp3) is 0.333. The molecular weight excluding hydrogens is 308 g/mol. The van der Waals surface area contributed by atoms with E-state index in [2.05, 4.69) is 5.32 Å². The highest BCUT2D eigenvalue weighted by atomic mass is 16.5. The Bertz CT molecular complexity index is 726. The van der Waals surface area contributed by atoms with E-state index in [9.17, 15) is 9.59 Å². The van der Waals surface area contributed by atoms with Crippen LogP contribution in [0, 0.1) is 0 Å². The number of rotatable bonds is 9. The molecule has 1 heterocycles. The summed E-state index contributed by atoms with van der Waals surface area (Å²) in [5.41, 5.74) is 0.841. The van der Waals surface area contributed by atoms with Gasteiger partial charge in [0.1, 0.15) is 5.82 Å². The van der Waals surface area contributed by atoms with Gasteiger partial charge in [0.25, 0.3) is 5.56 Å². The largest absolute Gasteiger partial charge is 0.383 e. The highest BCUT2D eigenvalue weighted by Gasteiger charge is 2.17. The zero-order valence-corrected chi connectivity index (χ0v) is 14.0. The minimum absolute atomic E-state index is 0.137. The summed E-state index contributed by atoms with van der Waals surface area (Å²) in [5, 5.41) is 3.14. The van der Waals surface area contributed by atoms with Gasteiger partial charge in [-0.1, -0.05) is 30.3 Å². The van der Waals surface area contributed by atoms with Crippen LogP contribution in [0.15, 0.2) is 47.3 Å². The molecule has 0 saturated carbocycles. The van der Waals surface area contributed by atoms with Gasteiger partial charge in [0.05, 0.1) is 25.3 Å². The average Bonchev–Trinajstić information content (AvgIpc) is 2.61. The summed E-state index contributed by atoms with van der Waals surface area (Å²) in [7, 11) is 3.17. The van der Waals surface area contributed by atoms with E-state index in [1.807, 2.05) is 18.2 Å². The van der Waals surface area contributed by atoms with Gasteiger partial charge in [-0.25, -0.2) is 0 Å². The molecule has 0 unspecified atom stereocenters. The summed E-state index contributed by atoms with van der Waals surface area (Å²) in [6.07, 6.45) is 0. The first-order valence-corrected chi connectivity index (χ1v) is 7.74. The third-order valence-corrected chi connectivity index (χ3v) is 3.58. The van der Waals surface area contributed by atoms with Crippen LogP contribution in [0.1, 0.15) is 15.9 Å². The van der Waals surface area contributed by atoms with Gasteiger partial charge >= 0.3 is 0 Å². The first kappa shape index (κ1) is 17.9. The number of methoxy groups -OCH3 is 2. The number of ketones is 1. The molecule has 1 N–H and O–H groups in total. The minimum atomic E-state index is -0.184. The minimum Gasteiger partial charge on any atom is -0.383 e. The molecule has 0 aliphatic heterocycles. The van der Waals surface area contributed by atoms with Crippen molar-refractivity contribution in [2.75, 3.05) is 39.3 Å². The first-order valence-electron chi connectivity index (χ1n) is 7.74. The summed E-state index contributed by atoms with van der Waals surface area (Å²) in [6, 6.07) is 12.0. The second-order valence-electron chi connectivity index (χ2n) is 5.19. The number of hydrogen-bond acceptors (Lipinski definition) is 5. The Balaban J connectivity index is 2.45. The van der Waals surface area contributed by atoms with Gasteiger partial charge in [0.15, 0.2) is 5.78 Å². The predicted molar refractivity (Wildman–Crippen MR) is 92.8 cm³/mol. The smallest absolute Gasteiger partial charge is 0.252 e. The molecule has 1 aromatic carbocycles. The normalized spacial score (nSPS) is 10.6. The Kier molecular flexibility index (Phi) is 6.72. The van der Waals surface area contributed by atoms with E-state index >= 15 is 0 Å². The standard InChI is InChI=1S/C18H22N2O4/c1-23-12-10-19-18-15(17(22)14-6-4-3-5-7-14)8-9-16(21)20(18)11-13-24-2/h3-9,19H,10-13H2,1-2H3. The van der Waals surface area contributed by atoms with Gasteiger partial charge in [-0.2, -0.15) is 0 Å². The lowest BCUT2D eigenvalue weighted by Crippen LogP contribution is -2.28. The maximum absolute atomic E-state index is 12.8. The molecule has 2 rings (SSSR count). The number of aromatic nitrogens is 1. The van der Waals surface area contributed by atoms with Crippen LogP contribution < -0.4 is 10.9 Å².